The van der Waals surface area contributed by atoms with Gasteiger partial charge in [-0.1, -0.05) is 48.5 Å². The highest BCUT2D eigenvalue weighted by Gasteiger charge is 2.17. The van der Waals surface area contributed by atoms with Gasteiger partial charge in [-0.2, -0.15) is 0 Å². The van der Waals surface area contributed by atoms with Crippen molar-refractivity contribution in [3.05, 3.63) is 108 Å². The molecular formula is C25H20FN5O2. The second-order valence-corrected chi connectivity index (χ2v) is 7.07. The zero-order chi connectivity index (χ0) is 23.0. The third kappa shape index (κ3) is 5.43. The number of nitrogens with one attached hydrogen (secondary N) is 2. The molecule has 0 unspecified atom stereocenters. The number of para-hydroxylation sites is 1. The highest BCUT2D eigenvalue weighted by Crippen LogP contribution is 2.19. The quantitative estimate of drug-likeness (QED) is 0.453. The average molecular weight is 441 g/mol. The Morgan fingerprint density at radius 3 is 2.36 bits per heavy atom. The number of hydrogen-bond acceptors (Lipinski definition) is 5. The van der Waals surface area contributed by atoms with Crippen LogP contribution in [0.5, 0.6) is 0 Å². The van der Waals surface area contributed by atoms with Crippen LogP contribution in [0, 0.1) is 5.82 Å². The molecule has 7 nitrogen and oxygen atoms in total. The molecule has 0 aliphatic heterocycles. The van der Waals surface area contributed by atoms with Gasteiger partial charge < -0.3 is 10.6 Å². The number of pyridine rings is 1. The molecule has 0 radical (unpaired) electrons. The maximum atomic E-state index is 14.0. The normalized spacial score (nSPS) is 10.5. The monoisotopic (exact) mass is 441 g/mol. The Morgan fingerprint density at radius 1 is 0.848 bits per heavy atom. The fourth-order valence-electron chi connectivity index (χ4n) is 3.16. The first-order valence-corrected chi connectivity index (χ1v) is 10.3. The largest absolute Gasteiger partial charge is 0.350 e. The van der Waals surface area contributed by atoms with E-state index in [1.807, 2.05) is 30.3 Å². The van der Waals surface area contributed by atoms with Gasteiger partial charge in [0.05, 0.1) is 16.9 Å². The molecule has 2 amide bonds. The van der Waals surface area contributed by atoms with Crippen LogP contribution in [-0.4, -0.2) is 33.3 Å². The van der Waals surface area contributed by atoms with Crippen LogP contribution in [0.15, 0.2) is 85.2 Å². The molecule has 0 spiro atoms. The van der Waals surface area contributed by atoms with Gasteiger partial charge in [0.15, 0.2) is 5.82 Å². The van der Waals surface area contributed by atoms with Gasteiger partial charge in [0, 0.05) is 30.9 Å². The summed E-state index contributed by atoms with van der Waals surface area (Å²) in [6.07, 6.45) is 3.22. The lowest BCUT2D eigenvalue weighted by Crippen LogP contribution is -2.27. The van der Waals surface area contributed by atoms with Crippen LogP contribution in [0.1, 0.15) is 26.5 Å². The molecular weight excluding hydrogens is 421 g/mol. The van der Waals surface area contributed by atoms with E-state index in [0.717, 1.165) is 5.56 Å². The van der Waals surface area contributed by atoms with E-state index in [9.17, 15) is 14.0 Å². The summed E-state index contributed by atoms with van der Waals surface area (Å²) in [5.41, 5.74) is 1.77. The molecule has 4 rings (SSSR count). The van der Waals surface area contributed by atoms with Gasteiger partial charge in [-0.25, -0.2) is 14.4 Å². The Bertz CT molecular complexity index is 1270. The van der Waals surface area contributed by atoms with Gasteiger partial charge in [-0.3, -0.25) is 14.6 Å². The van der Waals surface area contributed by atoms with E-state index < -0.39 is 11.7 Å². The summed E-state index contributed by atoms with van der Waals surface area (Å²) in [6, 6.07) is 20.3. The fraction of sp³-hybridized carbons (Fsp3) is 0.0800. The minimum Gasteiger partial charge on any atom is -0.350 e. The average Bonchev–Trinajstić information content (AvgIpc) is 2.86. The lowest BCUT2D eigenvalue weighted by atomic mass is 10.1. The maximum Gasteiger partial charge on any atom is 0.269 e. The second-order valence-electron chi connectivity index (χ2n) is 7.07. The molecule has 0 saturated heterocycles. The number of halogens is 1. The summed E-state index contributed by atoms with van der Waals surface area (Å²) in [5, 5.41) is 5.34. The molecule has 33 heavy (non-hydrogen) atoms. The summed E-state index contributed by atoms with van der Waals surface area (Å²) in [5.74, 6) is -0.961. The number of benzene rings is 2. The first-order valence-electron chi connectivity index (χ1n) is 10.3. The highest BCUT2D eigenvalue weighted by atomic mass is 19.1. The third-order valence-electron chi connectivity index (χ3n) is 4.81. The van der Waals surface area contributed by atoms with Crippen molar-refractivity contribution >= 4 is 17.5 Å². The van der Waals surface area contributed by atoms with E-state index in [1.165, 1.54) is 24.5 Å². The minimum absolute atomic E-state index is 0.0593. The van der Waals surface area contributed by atoms with Crippen LogP contribution < -0.4 is 10.6 Å². The summed E-state index contributed by atoms with van der Waals surface area (Å²) >= 11 is 0. The fourth-order valence-corrected chi connectivity index (χ4v) is 3.16. The minimum atomic E-state index is -0.545. The van der Waals surface area contributed by atoms with Gasteiger partial charge in [-0.05, 0) is 24.3 Å². The van der Waals surface area contributed by atoms with Crippen molar-refractivity contribution in [1.29, 1.82) is 0 Å². The molecule has 2 aromatic carbocycles. The summed E-state index contributed by atoms with van der Waals surface area (Å²) < 4.78 is 14.0. The number of amides is 2. The molecule has 0 aliphatic carbocycles. The number of aromatic nitrogens is 3. The Kier molecular flexibility index (Phi) is 6.75. The van der Waals surface area contributed by atoms with Crippen LogP contribution in [0.3, 0.4) is 0 Å². The molecule has 0 aliphatic rings. The zero-order valence-corrected chi connectivity index (χ0v) is 17.5. The van der Waals surface area contributed by atoms with E-state index in [2.05, 4.69) is 25.6 Å². The standard InChI is InChI=1S/C25H20FN5O2/c26-19-10-4-5-11-21(19)31-24(32)18-16-29-23(17-8-2-1-3-9-17)30-20(18)13-15-28-25(33)22-12-6-7-14-27-22/h1-12,14,16H,13,15H2,(H,28,33)(H,31,32). The molecule has 0 fully saturated rings. The Hall–Kier alpha value is -4.46. The molecule has 0 bridgehead atoms. The summed E-state index contributed by atoms with van der Waals surface area (Å²) in [4.78, 5) is 38.1. The Balaban J connectivity index is 1.56. The predicted octanol–water partition coefficient (Wildman–Crippen LogP) is 3.90. The summed E-state index contributed by atoms with van der Waals surface area (Å²) in [6.45, 7) is 0.223. The first kappa shape index (κ1) is 21.8. The van der Waals surface area contributed by atoms with Crippen LogP contribution in [0.2, 0.25) is 0 Å². The molecule has 8 heteroatoms. The molecule has 4 aromatic rings. The van der Waals surface area contributed by atoms with E-state index in [1.54, 1.807) is 30.3 Å². The van der Waals surface area contributed by atoms with E-state index >= 15 is 0 Å². The number of rotatable bonds is 7. The van der Waals surface area contributed by atoms with Gasteiger partial charge in [-0.15, -0.1) is 0 Å². The van der Waals surface area contributed by atoms with Crippen molar-refractivity contribution in [2.45, 2.75) is 6.42 Å². The van der Waals surface area contributed by atoms with Gasteiger partial charge in [0.1, 0.15) is 11.5 Å². The van der Waals surface area contributed by atoms with Crippen molar-refractivity contribution in [2.75, 3.05) is 11.9 Å². The van der Waals surface area contributed by atoms with Crippen molar-refractivity contribution < 1.29 is 14.0 Å². The molecule has 2 aromatic heterocycles. The topological polar surface area (TPSA) is 96.9 Å². The predicted molar refractivity (Wildman–Crippen MR) is 122 cm³/mol. The number of anilines is 1. The lowest BCUT2D eigenvalue weighted by Gasteiger charge is -2.12. The summed E-state index contributed by atoms with van der Waals surface area (Å²) in [7, 11) is 0. The van der Waals surface area contributed by atoms with Crippen LogP contribution >= 0.6 is 0 Å². The van der Waals surface area contributed by atoms with Gasteiger partial charge >= 0.3 is 0 Å². The van der Waals surface area contributed by atoms with Crippen molar-refractivity contribution in [1.82, 2.24) is 20.3 Å². The van der Waals surface area contributed by atoms with Crippen LogP contribution in [0.4, 0.5) is 10.1 Å². The Morgan fingerprint density at radius 2 is 1.61 bits per heavy atom. The van der Waals surface area contributed by atoms with E-state index in [-0.39, 0.29) is 30.1 Å². The molecule has 0 saturated carbocycles. The van der Waals surface area contributed by atoms with Crippen molar-refractivity contribution in [3.8, 4) is 11.4 Å². The zero-order valence-electron chi connectivity index (χ0n) is 17.5. The lowest BCUT2D eigenvalue weighted by molar-refractivity contribution is 0.0949. The maximum absolute atomic E-state index is 14.0. The third-order valence-corrected chi connectivity index (χ3v) is 4.81. The highest BCUT2D eigenvalue weighted by molar-refractivity contribution is 6.05. The first-order chi connectivity index (χ1) is 16.1. The molecule has 0 atom stereocenters. The van der Waals surface area contributed by atoms with Gasteiger partial charge in [0.2, 0.25) is 0 Å². The second kappa shape index (κ2) is 10.2. The smallest absolute Gasteiger partial charge is 0.269 e. The molecule has 2 heterocycles. The van der Waals surface area contributed by atoms with Crippen molar-refractivity contribution in [2.24, 2.45) is 0 Å². The van der Waals surface area contributed by atoms with E-state index in [0.29, 0.717) is 17.2 Å². The van der Waals surface area contributed by atoms with Crippen LogP contribution in [0.25, 0.3) is 11.4 Å². The SMILES string of the molecule is O=C(NCCc1nc(-c2ccccc2)ncc1C(=O)Nc1ccccc1F)c1ccccn1. The number of nitrogens with zero attached hydrogens (tertiary/aromatic N) is 3. The molecule has 164 valence electrons. The van der Waals surface area contributed by atoms with Crippen LogP contribution in [-0.2, 0) is 6.42 Å². The number of hydrogen-bond donors (Lipinski definition) is 2. The molecule has 2 N–H and O–H groups in total. The number of carbonyl (C=O) groups is 2. The van der Waals surface area contributed by atoms with Crippen molar-refractivity contribution in [3.63, 3.8) is 0 Å². The Labute approximate surface area is 189 Å². The number of carbonyl (C=O) groups excluding carboxylic acids is 2. The van der Waals surface area contributed by atoms with Gasteiger partial charge in [0.25, 0.3) is 11.8 Å². The van der Waals surface area contributed by atoms with E-state index in [4.69, 9.17) is 0 Å².